The fourth-order valence-corrected chi connectivity index (χ4v) is 0.919. The molecule has 1 aromatic carbocycles. The molecule has 0 amide bonds. The van der Waals surface area contributed by atoms with Gasteiger partial charge in [0.2, 0.25) is 0 Å². The summed E-state index contributed by atoms with van der Waals surface area (Å²) in [7, 11) is 1.92. The maximum atomic E-state index is 5.54. The summed E-state index contributed by atoms with van der Waals surface area (Å²) in [6.07, 6.45) is 0.876. The van der Waals surface area contributed by atoms with Crippen LogP contribution in [-0.2, 0) is 0 Å². The van der Waals surface area contributed by atoms with Gasteiger partial charge in [-0.1, -0.05) is 11.8 Å². The standard InChI is InChI=1S/C11H14N2/c1-13-9-3-2-4-10-5-7-11(12)8-6-10/h5-8,13H,3,9,12H2,1H3. The van der Waals surface area contributed by atoms with E-state index in [9.17, 15) is 0 Å². The zero-order chi connectivity index (χ0) is 9.52. The lowest BCUT2D eigenvalue weighted by Gasteiger charge is -1.92. The van der Waals surface area contributed by atoms with Crippen molar-refractivity contribution in [2.24, 2.45) is 0 Å². The van der Waals surface area contributed by atoms with Gasteiger partial charge < -0.3 is 11.1 Å². The molecular weight excluding hydrogens is 160 g/mol. The fourth-order valence-electron chi connectivity index (χ4n) is 0.919. The molecule has 0 unspecified atom stereocenters. The molecule has 1 rings (SSSR count). The maximum absolute atomic E-state index is 5.54. The quantitative estimate of drug-likeness (QED) is 0.402. The molecule has 0 spiro atoms. The Kier molecular flexibility index (Phi) is 3.87. The molecule has 0 aromatic heterocycles. The van der Waals surface area contributed by atoms with Crippen LogP contribution in [0.3, 0.4) is 0 Å². The molecule has 0 aliphatic rings. The average molecular weight is 174 g/mol. The molecule has 0 fully saturated rings. The Hall–Kier alpha value is -1.46. The minimum Gasteiger partial charge on any atom is -0.399 e. The van der Waals surface area contributed by atoms with E-state index < -0.39 is 0 Å². The van der Waals surface area contributed by atoms with Crippen molar-refractivity contribution >= 4 is 5.69 Å². The van der Waals surface area contributed by atoms with Crippen LogP contribution in [-0.4, -0.2) is 13.6 Å². The van der Waals surface area contributed by atoms with Gasteiger partial charge in [0.1, 0.15) is 0 Å². The van der Waals surface area contributed by atoms with Crippen molar-refractivity contribution in [3.8, 4) is 11.8 Å². The smallest absolute Gasteiger partial charge is 0.0314 e. The minimum absolute atomic E-state index is 0.778. The zero-order valence-corrected chi connectivity index (χ0v) is 7.80. The van der Waals surface area contributed by atoms with Gasteiger partial charge in [0.05, 0.1) is 0 Å². The van der Waals surface area contributed by atoms with Crippen molar-refractivity contribution in [1.29, 1.82) is 0 Å². The van der Waals surface area contributed by atoms with Crippen molar-refractivity contribution in [1.82, 2.24) is 5.32 Å². The van der Waals surface area contributed by atoms with E-state index in [0.717, 1.165) is 24.2 Å². The van der Waals surface area contributed by atoms with Crippen LogP contribution in [0.25, 0.3) is 0 Å². The first-order valence-corrected chi connectivity index (χ1v) is 4.32. The van der Waals surface area contributed by atoms with Crippen LogP contribution in [0.1, 0.15) is 12.0 Å². The summed E-state index contributed by atoms with van der Waals surface area (Å²) in [4.78, 5) is 0. The van der Waals surface area contributed by atoms with Gasteiger partial charge in [-0.3, -0.25) is 0 Å². The number of nitrogen functional groups attached to an aromatic ring is 1. The molecule has 0 aliphatic carbocycles. The second kappa shape index (κ2) is 5.23. The number of rotatable bonds is 2. The van der Waals surface area contributed by atoms with E-state index in [4.69, 9.17) is 5.73 Å². The van der Waals surface area contributed by atoms with Crippen molar-refractivity contribution in [2.45, 2.75) is 6.42 Å². The van der Waals surface area contributed by atoms with Gasteiger partial charge in [0, 0.05) is 24.2 Å². The second-order valence-electron chi connectivity index (χ2n) is 2.78. The summed E-state index contributed by atoms with van der Waals surface area (Å²) < 4.78 is 0. The molecule has 0 atom stereocenters. The first kappa shape index (κ1) is 9.63. The number of nitrogens with one attached hydrogen (secondary N) is 1. The molecular formula is C11H14N2. The lowest BCUT2D eigenvalue weighted by molar-refractivity contribution is 0.818. The molecule has 2 nitrogen and oxygen atoms in total. The molecule has 2 heteroatoms. The van der Waals surface area contributed by atoms with Crippen LogP contribution in [0.4, 0.5) is 5.69 Å². The third-order valence-corrected chi connectivity index (χ3v) is 1.64. The summed E-state index contributed by atoms with van der Waals surface area (Å²) in [6.45, 7) is 0.933. The summed E-state index contributed by atoms with van der Waals surface area (Å²) in [6, 6.07) is 7.59. The molecule has 13 heavy (non-hydrogen) atoms. The summed E-state index contributed by atoms with van der Waals surface area (Å²) in [5.41, 5.74) is 7.34. The highest BCUT2D eigenvalue weighted by molar-refractivity contribution is 5.44. The molecule has 1 aromatic rings. The van der Waals surface area contributed by atoms with Gasteiger partial charge >= 0.3 is 0 Å². The zero-order valence-electron chi connectivity index (χ0n) is 7.80. The number of hydrogen-bond donors (Lipinski definition) is 2. The van der Waals surface area contributed by atoms with Gasteiger partial charge in [0.15, 0.2) is 0 Å². The molecule has 0 saturated heterocycles. The van der Waals surface area contributed by atoms with Crippen LogP contribution < -0.4 is 11.1 Å². The minimum atomic E-state index is 0.778. The maximum Gasteiger partial charge on any atom is 0.0314 e. The monoisotopic (exact) mass is 174 g/mol. The van der Waals surface area contributed by atoms with Crippen molar-refractivity contribution in [3.05, 3.63) is 29.8 Å². The van der Waals surface area contributed by atoms with Crippen molar-refractivity contribution in [2.75, 3.05) is 19.3 Å². The van der Waals surface area contributed by atoms with Gasteiger partial charge in [-0.25, -0.2) is 0 Å². The van der Waals surface area contributed by atoms with Crippen molar-refractivity contribution in [3.63, 3.8) is 0 Å². The Balaban J connectivity index is 2.52. The van der Waals surface area contributed by atoms with Gasteiger partial charge in [0.25, 0.3) is 0 Å². The Labute approximate surface area is 79.1 Å². The van der Waals surface area contributed by atoms with Gasteiger partial charge in [-0.2, -0.15) is 0 Å². The molecule has 0 aliphatic heterocycles. The molecule has 68 valence electrons. The lowest BCUT2D eigenvalue weighted by Crippen LogP contribution is -2.05. The topological polar surface area (TPSA) is 38.0 Å². The van der Waals surface area contributed by atoms with Gasteiger partial charge in [-0.15, -0.1) is 0 Å². The molecule has 0 saturated carbocycles. The average Bonchev–Trinajstić information content (AvgIpc) is 2.15. The molecule has 3 N–H and O–H groups in total. The van der Waals surface area contributed by atoms with Crippen molar-refractivity contribution < 1.29 is 0 Å². The van der Waals surface area contributed by atoms with E-state index in [1.165, 1.54) is 0 Å². The van der Waals surface area contributed by atoms with Crippen LogP contribution in [0.15, 0.2) is 24.3 Å². The van der Waals surface area contributed by atoms with Crippen LogP contribution in [0.2, 0.25) is 0 Å². The molecule has 0 heterocycles. The second-order valence-corrected chi connectivity index (χ2v) is 2.78. The lowest BCUT2D eigenvalue weighted by atomic mass is 10.2. The number of nitrogens with two attached hydrogens (primary N) is 1. The largest absolute Gasteiger partial charge is 0.399 e. The first-order chi connectivity index (χ1) is 6.33. The first-order valence-electron chi connectivity index (χ1n) is 4.32. The van der Waals surface area contributed by atoms with E-state index in [1.54, 1.807) is 0 Å². The highest BCUT2D eigenvalue weighted by Crippen LogP contribution is 2.03. The predicted octanol–water partition coefficient (Wildman–Crippen LogP) is 1.23. The number of benzene rings is 1. The Morgan fingerprint density at radius 2 is 2.00 bits per heavy atom. The number of anilines is 1. The SMILES string of the molecule is CNCCC#Cc1ccc(N)cc1. The third kappa shape index (κ3) is 3.64. The Morgan fingerprint density at radius 1 is 1.31 bits per heavy atom. The Morgan fingerprint density at radius 3 is 2.62 bits per heavy atom. The van der Waals surface area contributed by atoms with Crippen LogP contribution >= 0.6 is 0 Å². The van der Waals surface area contributed by atoms with E-state index in [2.05, 4.69) is 17.2 Å². The highest BCUT2D eigenvalue weighted by Gasteiger charge is 1.85. The van der Waals surface area contributed by atoms with Gasteiger partial charge in [-0.05, 0) is 31.3 Å². The third-order valence-electron chi connectivity index (χ3n) is 1.64. The van der Waals surface area contributed by atoms with Crippen LogP contribution in [0.5, 0.6) is 0 Å². The van der Waals surface area contributed by atoms with E-state index in [-0.39, 0.29) is 0 Å². The Bertz CT molecular complexity index is 303. The summed E-state index contributed by atoms with van der Waals surface area (Å²) >= 11 is 0. The number of hydrogen-bond acceptors (Lipinski definition) is 2. The molecule has 0 bridgehead atoms. The normalized spacial score (nSPS) is 9.00. The van der Waals surface area contributed by atoms with E-state index in [0.29, 0.717) is 0 Å². The predicted molar refractivity (Wildman–Crippen MR) is 56.3 cm³/mol. The van der Waals surface area contributed by atoms with E-state index >= 15 is 0 Å². The van der Waals surface area contributed by atoms with E-state index in [1.807, 2.05) is 31.3 Å². The summed E-state index contributed by atoms with van der Waals surface area (Å²) in [5, 5.41) is 3.04. The summed E-state index contributed by atoms with van der Waals surface area (Å²) in [5.74, 6) is 6.13. The molecule has 0 radical (unpaired) electrons. The van der Waals surface area contributed by atoms with Crippen LogP contribution in [0, 0.1) is 11.8 Å². The highest BCUT2D eigenvalue weighted by atomic mass is 14.8. The fraction of sp³-hybridized carbons (Fsp3) is 0.273.